The third-order valence-corrected chi connectivity index (χ3v) is 8.40. The zero-order valence-corrected chi connectivity index (χ0v) is 24.2. The maximum Gasteiger partial charge on any atom is 0.305 e. The molecule has 0 aliphatic heterocycles. The molecule has 0 amide bonds. The number of aromatic nitrogens is 1. The van der Waals surface area contributed by atoms with Crippen molar-refractivity contribution in [3.05, 3.63) is 81.6 Å². The quantitative estimate of drug-likeness (QED) is 0.211. The van der Waals surface area contributed by atoms with Gasteiger partial charge in [0.05, 0.1) is 12.7 Å². The largest absolute Gasteiger partial charge is 0.490 e. The molecule has 206 valence electrons. The minimum atomic E-state index is -0.162. The summed E-state index contributed by atoms with van der Waals surface area (Å²) in [6.07, 6.45) is 10.5. The summed E-state index contributed by atoms with van der Waals surface area (Å²) in [5.74, 6) is 0.974. The van der Waals surface area contributed by atoms with Gasteiger partial charge in [0, 0.05) is 46.5 Å². The van der Waals surface area contributed by atoms with E-state index in [0.29, 0.717) is 35.7 Å². The van der Waals surface area contributed by atoms with Crippen LogP contribution in [0.25, 0.3) is 11.1 Å². The van der Waals surface area contributed by atoms with Crippen molar-refractivity contribution in [2.75, 3.05) is 6.61 Å². The van der Waals surface area contributed by atoms with Gasteiger partial charge >= 0.3 is 5.97 Å². The lowest BCUT2D eigenvalue weighted by atomic mass is 9.93. The maximum atomic E-state index is 11.7. The molecule has 1 aromatic heterocycles. The molecule has 0 spiro atoms. The highest BCUT2D eigenvalue weighted by atomic mass is 35.5. The molecule has 1 unspecified atom stereocenters. The van der Waals surface area contributed by atoms with Gasteiger partial charge in [-0.05, 0) is 97.9 Å². The second kappa shape index (κ2) is 12.3. The van der Waals surface area contributed by atoms with Crippen molar-refractivity contribution in [1.82, 2.24) is 10.3 Å². The second-order valence-corrected chi connectivity index (χ2v) is 11.5. The van der Waals surface area contributed by atoms with Crippen molar-refractivity contribution in [1.29, 1.82) is 0 Å². The van der Waals surface area contributed by atoms with Crippen LogP contribution in [-0.2, 0) is 21.6 Å². The lowest BCUT2D eigenvalue weighted by Crippen LogP contribution is -2.29. The Morgan fingerprint density at radius 3 is 2.67 bits per heavy atom. The van der Waals surface area contributed by atoms with E-state index < -0.39 is 0 Å². The minimum absolute atomic E-state index is 0.153. The first-order chi connectivity index (χ1) is 18.9. The van der Waals surface area contributed by atoms with Crippen molar-refractivity contribution in [2.24, 2.45) is 0 Å². The van der Waals surface area contributed by atoms with Crippen molar-refractivity contribution >= 4 is 29.2 Å². The number of rotatable bonds is 13. The van der Waals surface area contributed by atoms with Crippen LogP contribution in [0.3, 0.4) is 0 Å². The summed E-state index contributed by atoms with van der Waals surface area (Å²) in [7, 11) is 0. The molecule has 1 N–H and O–H groups in total. The van der Waals surface area contributed by atoms with Crippen molar-refractivity contribution in [3.8, 4) is 16.9 Å². The number of nitrogens with zero attached hydrogens (tertiary/aromatic N) is 1. The number of nitrogens with one attached hydrogen (secondary N) is 1. The van der Waals surface area contributed by atoms with Crippen LogP contribution in [0.4, 0.5) is 0 Å². The molecule has 2 aromatic carbocycles. The molecule has 1 heterocycles. The Bertz CT molecular complexity index is 1320. The normalized spacial score (nSPS) is 16.5. The molecule has 0 saturated heterocycles. The van der Waals surface area contributed by atoms with Gasteiger partial charge in [0.1, 0.15) is 5.75 Å². The number of hydrogen-bond donors (Lipinski definition) is 1. The SMILES string of the molecule is CCOC(=O)CCCC(C)c1cc(Cl)c(CNC2(c3cnccc3-c3ccccc3OC3CC3)CC2)cc1Cl. The molecule has 7 heteroatoms. The van der Waals surface area contributed by atoms with Crippen LogP contribution in [0.1, 0.15) is 81.4 Å². The van der Waals surface area contributed by atoms with Gasteiger partial charge in [-0.1, -0.05) is 48.3 Å². The summed E-state index contributed by atoms with van der Waals surface area (Å²) in [5, 5.41) is 5.19. The predicted molar refractivity (Wildman–Crippen MR) is 156 cm³/mol. The molecule has 1 atom stereocenters. The van der Waals surface area contributed by atoms with Crippen LogP contribution in [0, 0.1) is 0 Å². The van der Waals surface area contributed by atoms with Gasteiger partial charge in [-0.15, -0.1) is 0 Å². The number of hydrogen-bond acceptors (Lipinski definition) is 5. The van der Waals surface area contributed by atoms with Gasteiger partial charge in [-0.3, -0.25) is 9.78 Å². The number of esters is 1. The first-order valence-electron chi connectivity index (χ1n) is 14.0. The van der Waals surface area contributed by atoms with Crippen molar-refractivity contribution in [2.45, 2.75) is 82.9 Å². The van der Waals surface area contributed by atoms with E-state index in [9.17, 15) is 4.79 Å². The Balaban J connectivity index is 1.29. The van der Waals surface area contributed by atoms with E-state index in [1.54, 1.807) is 0 Å². The Morgan fingerprint density at radius 1 is 1.13 bits per heavy atom. The first-order valence-corrected chi connectivity index (χ1v) is 14.7. The standard InChI is InChI=1S/C32H36Cl2N2O3/c1-3-38-31(37)10-6-7-21(2)26-18-28(33)22(17-29(26)34)19-36-32(14-15-32)27-20-35-16-13-24(27)25-8-4-5-9-30(25)39-23-11-12-23/h4-5,8-9,13,16-18,20-21,23,36H,3,6-7,10-12,14-15,19H2,1-2H3. The summed E-state index contributed by atoms with van der Waals surface area (Å²) in [4.78, 5) is 16.2. The van der Waals surface area contributed by atoms with Crippen LogP contribution in [0.5, 0.6) is 5.75 Å². The van der Waals surface area contributed by atoms with Crippen molar-refractivity contribution in [3.63, 3.8) is 0 Å². The number of benzene rings is 2. The number of halogens is 2. The van der Waals surface area contributed by atoms with Gasteiger partial charge in [0.15, 0.2) is 0 Å². The van der Waals surface area contributed by atoms with Gasteiger partial charge in [-0.2, -0.15) is 0 Å². The fourth-order valence-corrected chi connectivity index (χ4v) is 5.77. The monoisotopic (exact) mass is 566 g/mol. The van der Waals surface area contributed by atoms with Crippen LogP contribution in [0.15, 0.2) is 54.9 Å². The summed E-state index contributed by atoms with van der Waals surface area (Å²) in [6.45, 7) is 4.96. The zero-order valence-electron chi connectivity index (χ0n) is 22.6. The summed E-state index contributed by atoms with van der Waals surface area (Å²) >= 11 is 13.5. The zero-order chi connectivity index (χ0) is 27.4. The second-order valence-electron chi connectivity index (χ2n) is 10.7. The van der Waals surface area contributed by atoms with Crippen LogP contribution in [-0.4, -0.2) is 23.7 Å². The third kappa shape index (κ3) is 6.77. The molecule has 5 rings (SSSR count). The highest BCUT2D eigenvalue weighted by Crippen LogP contribution is 2.50. The molecular weight excluding hydrogens is 531 g/mol. The summed E-state index contributed by atoms with van der Waals surface area (Å²) in [5.41, 5.74) is 5.27. The highest BCUT2D eigenvalue weighted by Gasteiger charge is 2.46. The Hall–Kier alpha value is -2.60. The van der Waals surface area contributed by atoms with E-state index in [1.807, 2.05) is 37.5 Å². The number of ether oxygens (including phenoxy) is 2. The number of pyridine rings is 1. The topological polar surface area (TPSA) is 60.5 Å². The lowest BCUT2D eigenvalue weighted by Gasteiger charge is -2.23. The van der Waals surface area contributed by atoms with Gasteiger partial charge in [-0.25, -0.2) is 0 Å². The molecule has 2 aliphatic rings. The molecule has 2 fully saturated rings. The van der Waals surface area contributed by atoms with E-state index in [4.69, 9.17) is 32.7 Å². The number of carbonyl (C=O) groups excluding carboxylic acids is 1. The molecule has 2 aliphatic carbocycles. The molecule has 39 heavy (non-hydrogen) atoms. The average molecular weight is 568 g/mol. The van der Waals surface area contributed by atoms with Crippen LogP contribution < -0.4 is 10.1 Å². The van der Waals surface area contributed by atoms with Crippen LogP contribution >= 0.6 is 23.2 Å². The predicted octanol–water partition coefficient (Wildman–Crippen LogP) is 8.21. The Labute approximate surface area is 241 Å². The molecule has 5 nitrogen and oxygen atoms in total. The summed E-state index contributed by atoms with van der Waals surface area (Å²) in [6, 6.07) is 14.3. The van der Waals surface area contributed by atoms with E-state index in [-0.39, 0.29) is 17.4 Å². The van der Waals surface area contributed by atoms with Crippen LogP contribution in [0.2, 0.25) is 10.0 Å². The van der Waals surface area contributed by atoms with E-state index in [1.165, 1.54) is 5.56 Å². The maximum absolute atomic E-state index is 11.7. The molecular formula is C32H36Cl2N2O3. The molecule has 3 aromatic rings. The molecule has 0 bridgehead atoms. The summed E-state index contributed by atoms with van der Waals surface area (Å²) < 4.78 is 11.3. The van der Waals surface area contributed by atoms with Gasteiger partial charge in [0.25, 0.3) is 0 Å². The Morgan fingerprint density at radius 2 is 1.92 bits per heavy atom. The Kier molecular flexibility index (Phi) is 8.80. The lowest BCUT2D eigenvalue weighted by molar-refractivity contribution is -0.143. The minimum Gasteiger partial charge on any atom is -0.490 e. The van der Waals surface area contributed by atoms with E-state index >= 15 is 0 Å². The highest BCUT2D eigenvalue weighted by molar-refractivity contribution is 6.34. The smallest absolute Gasteiger partial charge is 0.305 e. The molecule has 2 saturated carbocycles. The fourth-order valence-electron chi connectivity index (χ4n) is 5.16. The first kappa shape index (κ1) is 27.9. The average Bonchev–Trinajstić information content (AvgIpc) is 3.87. The molecule has 0 radical (unpaired) electrons. The fraction of sp³-hybridized carbons (Fsp3) is 0.438. The van der Waals surface area contributed by atoms with Crippen molar-refractivity contribution < 1.29 is 14.3 Å². The van der Waals surface area contributed by atoms with Gasteiger partial charge < -0.3 is 14.8 Å². The van der Waals surface area contributed by atoms with Gasteiger partial charge in [0.2, 0.25) is 0 Å². The third-order valence-electron chi connectivity index (χ3n) is 7.72. The van der Waals surface area contributed by atoms with E-state index in [0.717, 1.165) is 66.5 Å². The number of carbonyl (C=O) groups is 1. The number of para-hydroxylation sites is 1. The van der Waals surface area contributed by atoms with E-state index in [2.05, 4.69) is 41.5 Å².